The lowest BCUT2D eigenvalue weighted by atomic mass is 10.2. The highest BCUT2D eigenvalue weighted by Crippen LogP contribution is 2.26. The minimum atomic E-state index is -0.886. The summed E-state index contributed by atoms with van der Waals surface area (Å²) in [4.78, 5) is 11.7. The molecule has 2 atom stereocenters. The smallest absolute Gasteiger partial charge is 0.255 e. The second kappa shape index (κ2) is 3.88. The number of benzene rings is 1. The highest BCUT2D eigenvalue weighted by atomic mass is 19.1. The Morgan fingerprint density at radius 3 is 2.80 bits per heavy atom. The Bertz CT molecular complexity index is 381. The number of amides is 1. The normalized spacial score (nSPS) is 23.3. The molecule has 80 valence electrons. The SMILES string of the molecule is COc1ccccc1C(=O)N[C@@H]1C[C@@H]1F. The number of carbonyl (C=O) groups excluding carboxylic acids is 1. The van der Waals surface area contributed by atoms with E-state index in [1.165, 1.54) is 7.11 Å². The maximum absolute atomic E-state index is 12.6. The lowest BCUT2D eigenvalue weighted by Gasteiger charge is -2.07. The first-order valence-electron chi connectivity index (χ1n) is 4.80. The lowest BCUT2D eigenvalue weighted by Crippen LogP contribution is -2.27. The molecule has 1 aliphatic carbocycles. The minimum absolute atomic E-state index is 0.280. The van der Waals surface area contributed by atoms with E-state index >= 15 is 0 Å². The van der Waals surface area contributed by atoms with Crippen molar-refractivity contribution < 1.29 is 13.9 Å². The Hall–Kier alpha value is -1.58. The molecule has 1 aromatic rings. The van der Waals surface area contributed by atoms with Gasteiger partial charge in [0.05, 0.1) is 18.7 Å². The van der Waals surface area contributed by atoms with Gasteiger partial charge in [-0.05, 0) is 12.1 Å². The molecule has 0 aliphatic heterocycles. The molecule has 0 radical (unpaired) electrons. The molecule has 1 aliphatic rings. The number of carbonyl (C=O) groups is 1. The number of methoxy groups -OCH3 is 1. The predicted octanol–water partition coefficient (Wildman–Crippen LogP) is 1.54. The van der Waals surface area contributed by atoms with Gasteiger partial charge in [0.2, 0.25) is 0 Å². The standard InChI is InChI=1S/C11H12FNO2/c1-15-10-5-3-2-4-7(10)11(14)13-9-6-8(9)12/h2-5,8-9H,6H2,1H3,(H,13,14)/t8-,9+/m0/s1. The minimum Gasteiger partial charge on any atom is -0.496 e. The van der Waals surface area contributed by atoms with Crippen molar-refractivity contribution in [2.75, 3.05) is 7.11 Å². The van der Waals surface area contributed by atoms with Gasteiger partial charge >= 0.3 is 0 Å². The molecule has 15 heavy (non-hydrogen) atoms. The van der Waals surface area contributed by atoms with Crippen molar-refractivity contribution >= 4 is 5.91 Å². The fraction of sp³-hybridized carbons (Fsp3) is 0.364. The number of hydrogen-bond donors (Lipinski definition) is 1. The number of nitrogens with one attached hydrogen (secondary N) is 1. The molecule has 1 aromatic carbocycles. The Balaban J connectivity index is 2.10. The molecule has 1 amide bonds. The molecule has 0 spiro atoms. The van der Waals surface area contributed by atoms with E-state index < -0.39 is 6.17 Å². The molecular weight excluding hydrogens is 197 g/mol. The van der Waals surface area contributed by atoms with Gasteiger partial charge in [-0.1, -0.05) is 12.1 Å². The largest absolute Gasteiger partial charge is 0.496 e. The highest BCUT2D eigenvalue weighted by molar-refractivity contribution is 5.97. The molecule has 0 heterocycles. The van der Waals surface area contributed by atoms with Crippen LogP contribution in [0.15, 0.2) is 24.3 Å². The van der Waals surface area contributed by atoms with Crippen molar-refractivity contribution in [1.82, 2.24) is 5.32 Å². The van der Waals surface area contributed by atoms with Crippen LogP contribution < -0.4 is 10.1 Å². The van der Waals surface area contributed by atoms with Gasteiger partial charge in [0.25, 0.3) is 5.91 Å². The predicted molar refractivity (Wildman–Crippen MR) is 53.8 cm³/mol. The number of rotatable bonds is 3. The first-order valence-corrected chi connectivity index (χ1v) is 4.80. The summed E-state index contributed by atoms with van der Waals surface area (Å²) in [7, 11) is 1.50. The average molecular weight is 209 g/mol. The van der Waals surface area contributed by atoms with Crippen LogP contribution in [0, 0.1) is 0 Å². The molecule has 2 rings (SSSR count). The Morgan fingerprint density at radius 1 is 1.53 bits per heavy atom. The van der Waals surface area contributed by atoms with Crippen LogP contribution in [0.3, 0.4) is 0 Å². The molecule has 4 heteroatoms. The summed E-state index contributed by atoms with van der Waals surface area (Å²) >= 11 is 0. The Labute approximate surface area is 87.2 Å². The van der Waals surface area contributed by atoms with E-state index in [0.717, 1.165) is 0 Å². The average Bonchev–Trinajstić information content (AvgIpc) is 2.94. The van der Waals surface area contributed by atoms with Gasteiger partial charge in [-0.25, -0.2) is 4.39 Å². The van der Waals surface area contributed by atoms with E-state index in [-0.39, 0.29) is 11.9 Å². The first-order chi connectivity index (χ1) is 7.22. The molecule has 3 nitrogen and oxygen atoms in total. The van der Waals surface area contributed by atoms with Crippen LogP contribution in [0.4, 0.5) is 4.39 Å². The van der Waals surface area contributed by atoms with E-state index in [9.17, 15) is 9.18 Å². The van der Waals surface area contributed by atoms with Crippen LogP contribution in [0.5, 0.6) is 5.75 Å². The maximum atomic E-state index is 12.6. The van der Waals surface area contributed by atoms with Gasteiger partial charge in [0.1, 0.15) is 11.9 Å². The van der Waals surface area contributed by atoms with Crippen molar-refractivity contribution in [1.29, 1.82) is 0 Å². The lowest BCUT2D eigenvalue weighted by molar-refractivity contribution is 0.0944. The third kappa shape index (κ3) is 2.09. The zero-order valence-electron chi connectivity index (χ0n) is 8.37. The zero-order chi connectivity index (χ0) is 10.8. The van der Waals surface area contributed by atoms with Crippen molar-refractivity contribution in [2.24, 2.45) is 0 Å². The van der Waals surface area contributed by atoms with Gasteiger partial charge in [-0.2, -0.15) is 0 Å². The summed E-state index contributed by atoms with van der Waals surface area (Å²) in [5.74, 6) is 0.226. The summed E-state index contributed by atoms with van der Waals surface area (Å²) in [5.41, 5.74) is 0.444. The number of alkyl halides is 1. The van der Waals surface area contributed by atoms with E-state index in [4.69, 9.17) is 4.74 Å². The number of hydrogen-bond acceptors (Lipinski definition) is 2. The van der Waals surface area contributed by atoms with Gasteiger partial charge in [-0.3, -0.25) is 4.79 Å². The zero-order valence-corrected chi connectivity index (χ0v) is 8.37. The third-order valence-electron chi connectivity index (χ3n) is 2.38. The van der Waals surface area contributed by atoms with Crippen LogP contribution in [-0.2, 0) is 0 Å². The molecular formula is C11H12FNO2. The fourth-order valence-corrected chi connectivity index (χ4v) is 1.39. The second-order valence-corrected chi connectivity index (χ2v) is 3.53. The van der Waals surface area contributed by atoms with Gasteiger partial charge in [0.15, 0.2) is 0 Å². The highest BCUT2D eigenvalue weighted by Gasteiger charge is 2.39. The third-order valence-corrected chi connectivity index (χ3v) is 2.38. The van der Waals surface area contributed by atoms with E-state index in [1.807, 2.05) is 0 Å². The molecule has 1 fully saturated rings. The van der Waals surface area contributed by atoms with Crippen LogP contribution in [0.25, 0.3) is 0 Å². The molecule has 1 saturated carbocycles. The summed E-state index contributed by atoms with van der Waals surface area (Å²) < 4.78 is 17.6. The van der Waals surface area contributed by atoms with Crippen LogP contribution in [-0.4, -0.2) is 25.2 Å². The maximum Gasteiger partial charge on any atom is 0.255 e. The second-order valence-electron chi connectivity index (χ2n) is 3.53. The number of para-hydroxylation sites is 1. The van der Waals surface area contributed by atoms with Crippen molar-refractivity contribution in [3.05, 3.63) is 29.8 Å². The monoisotopic (exact) mass is 209 g/mol. The molecule has 0 aromatic heterocycles. The van der Waals surface area contributed by atoms with Gasteiger partial charge in [0, 0.05) is 6.42 Å². The van der Waals surface area contributed by atoms with Crippen LogP contribution in [0.1, 0.15) is 16.8 Å². The van der Waals surface area contributed by atoms with Crippen molar-refractivity contribution in [3.63, 3.8) is 0 Å². The van der Waals surface area contributed by atoms with E-state index in [2.05, 4.69) is 5.32 Å². The summed E-state index contributed by atoms with van der Waals surface area (Å²) in [5, 5.41) is 2.60. The topological polar surface area (TPSA) is 38.3 Å². The van der Waals surface area contributed by atoms with Crippen molar-refractivity contribution in [3.8, 4) is 5.75 Å². The van der Waals surface area contributed by atoms with Gasteiger partial charge < -0.3 is 10.1 Å². The van der Waals surface area contributed by atoms with Crippen LogP contribution >= 0.6 is 0 Å². The summed E-state index contributed by atoms with van der Waals surface area (Å²) in [6.07, 6.45) is -0.468. The van der Waals surface area contributed by atoms with Gasteiger partial charge in [-0.15, -0.1) is 0 Å². The Kier molecular flexibility index (Phi) is 2.58. The quantitative estimate of drug-likeness (QED) is 0.820. The first kappa shape index (κ1) is 9.96. The summed E-state index contributed by atoms with van der Waals surface area (Å²) in [6.45, 7) is 0. The molecule has 0 bridgehead atoms. The fourth-order valence-electron chi connectivity index (χ4n) is 1.39. The van der Waals surface area contributed by atoms with Crippen LogP contribution in [0.2, 0.25) is 0 Å². The number of ether oxygens (including phenoxy) is 1. The molecule has 0 saturated heterocycles. The molecule has 0 unspecified atom stereocenters. The Morgan fingerprint density at radius 2 is 2.20 bits per heavy atom. The van der Waals surface area contributed by atoms with E-state index in [0.29, 0.717) is 17.7 Å². The molecule has 1 N–H and O–H groups in total. The van der Waals surface area contributed by atoms with Crippen molar-refractivity contribution in [2.45, 2.75) is 18.6 Å². The summed E-state index contributed by atoms with van der Waals surface area (Å²) in [6, 6.07) is 6.57. The number of halogens is 1. The van der Waals surface area contributed by atoms with E-state index in [1.54, 1.807) is 24.3 Å².